The molecule has 0 saturated heterocycles. The largest absolute Gasteiger partial charge is 0.494 e. The Balaban J connectivity index is 1.62. The maximum atomic E-state index is 12.2. The second-order valence-corrected chi connectivity index (χ2v) is 9.76. The van der Waals surface area contributed by atoms with Crippen LogP contribution in [0.1, 0.15) is 109 Å². The molecule has 0 bridgehead atoms. The maximum absolute atomic E-state index is 12.2. The van der Waals surface area contributed by atoms with E-state index in [1.54, 1.807) is 30.3 Å². The van der Waals surface area contributed by atoms with Crippen LogP contribution in [0.2, 0.25) is 0 Å². The van der Waals surface area contributed by atoms with Crippen molar-refractivity contribution in [2.75, 3.05) is 6.61 Å². The van der Waals surface area contributed by atoms with Crippen molar-refractivity contribution in [3.63, 3.8) is 0 Å². The first-order valence-electron chi connectivity index (χ1n) is 14.5. The van der Waals surface area contributed by atoms with Gasteiger partial charge in [0.2, 0.25) is 0 Å². The van der Waals surface area contributed by atoms with Gasteiger partial charge in [-0.3, -0.25) is 4.79 Å². The van der Waals surface area contributed by atoms with Gasteiger partial charge in [0.25, 0.3) is 0 Å². The van der Waals surface area contributed by atoms with Gasteiger partial charge in [-0.1, -0.05) is 96.6 Å². The highest BCUT2D eigenvalue weighted by molar-refractivity contribution is 5.88. The van der Waals surface area contributed by atoms with E-state index in [-0.39, 0.29) is 5.97 Å². The molecule has 0 unspecified atom stereocenters. The van der Waals surface area contributed by atoms with Crippen LogP contribution in [0.3, 0.4) is 0 Å². The molecule has 2 aromatic rings. The van der Waals surface area contributed by atoms with Gasteiger partial charge in [0.1, 0.15) is 17.2 Å². The van der Waals surface area contributed by atoms with Gasteiger partial charge in [-0.15, -0.1) is 0 Å². The molecule has 208 valence electrons. The SMILES string of the molecule is CCCCCCCCCCCOc1ccc(C=CC(=O)Oc2ccc(OC(=O)CCCCCC)cc2)cc1. The lowest BCUT2D eigenvalue weighted by Crippen LogP contribution is -2.07. The summed E-state index contributed by atoms with van der Waals surface area (Å²) >= 11 is 0. The summed E-state index contributed by atoms with van der Waals surface area (Å²) in [5.41, 5.74) is 0.888. The first-order valence-corrected chi connectivity index (χ1v) is 14.5. The predicted octanol–water partition coefficient (Wildman–Crippen LogP) is 9.09. The highest BCUT2D eigenvalue weighted by Gasteiger charge is 2.06. The smallest absolute Gasteiger partial charge is 0.336 e. The zero-order chi connectivity index (χ0) is 27.3. The second-order valence-electron chi connectivity index (χ2n) is 9.76. The highest BCUT2D eigenvalue weighted by Crippen LogP contribution is 2.19. The monoisotopic (exact) mass is 522 g/mol. The molecule has 0 N–H and O–H groups in total. The molecule has 2 aromatic carbocycles. The lowest BCUT2D eigenvalue weighted by Gasteiger charge is -2.07. The number of unbranched alkanes of at least 4 members (excludes halogenated alkanes) is 11. The molecule has 0 heterocycles. The van der Waals surface area contributed by atoms with Gasteiger partial charge in [-0.05, 0) is 60.9 Å². The van der Waals surface area contributed by atoms with Gasteiger partial charge in [0.15, 0.2) is 0 Å². The van der Waals surface area contributed by atoms with Gasteiger partial charge in [0.05, 0.1) is 6.61 Å². The third-order valence-corrected chi connectivity index (χ3v) is 6.32. The third kappa shape index (κ3) is 14.6. The van der Waals surface area contributed by atoms with E-state index in [2.05, 4.69) is 13.8 Å². The third-order valence-electron chi connectivity index (χ3n) is 6.32. The van der Waals surface area contributed by atoms with Crippen molar-refractivity contribution >= 4 is 18.0 Å². The quantitative estimate of drug-likeness (QED) is 0.0751. The molecule has 0 spiro atoms. The van der Waals surface area contributed by atoms with Crippen molar-refractivity contribution in [1.29, 1.82) is 0 Å². The molecule has 0 radical (unpaired) electrons. The number of ether oxygens (including phenoxy) is 3. The number of benzene rings is 2. The minimum Gasteiger partial charge on any atom is -0.494 e. The summed E-state index contributed by atoms with van der Waals surface area (Å²) in [7, 11) is 0. The average Bonchev–Trinajstić information content (AvgIpc) is 2.93. The van der Waals surface area contributed by atoms with Crippen molar-refractivity contribution in [3.8, 4) is 17.2 Å². The molecule has 0 amide bonds. The van der Waals surface area contributed by atoms with E-state index in [9.17, 15) is 9.59 Å². The van der Waals surface area contributed by atoms with Crippen molar-refractivity contribution in [2.45, 2.75) is 104 Å². The van der Waals surface area contributed by atoms with E-state index in [0.29, 0.717) is 17.9 Å². The zero-order valence-corrected chi connectivity index (χ0v) is 23.4. The molecule has 0 saturated carbocycles. The predicted molar refractivity (Wildman–Crippen MR) is 155 cm³/mol. The van der Waals surface area contributed by atoms with Crippen LogP contribution in [0.25, 0.3) is 6.08 Å². The Kier molecular flexibility index (Phi) is 16.4. The van der Waals surface area contributed by atoms with Gasteiger partial charge in [-0.25, -0.2) is 4.79 Å². The molecule has 0 aliphatic carbocycles. The molecule has 0 fully saturated rings. The maximum Gasteiger partial charge on any atom is 0.336 e. The van der Waals surface area contributed by atoms with Crippen LogP contribution in [0, 0.1) is 0 Å². The Bertz CT molecular complexity index is 931. The number of hydrogen-bond acceptors (Lipinski definition) is 5. The average molecular weight is 523 g/mol. The number of hydrogen-bond donors (Lipinski definition) is 0. The van der Waals surface area contributed by atoms with E-state index in [0.717, 1.165) is 50.0 Å². The van der Waals surface area contributed by atoms with E-state index in [1.165, 1.54) is 57.4 Å². The van der Waals surface area contributed by atoms with Crippen LogP contribution in [0.15, 0.2) is 54.6 Å². The molecular weight excluding hydrogens is 476 g/mol. The molecule has 0 aliphatic rings. The van der Waals surface area contributed by atoms with Crippen LogP contribution < -0.4 is 14.2 Å². The van der Waals surface area contributed by atoms with Crippen LogP contribution in [-0.4, -0.2) is 18.5 Å². The molecule has 0 aromatic heterocycles. The molecule has 0 aliphatic heterocycles. The van der Waals surface area contributed by atoms with E-state index in [1.807, 2.05) is 24.3 Å². The summed E-state index contributed by atoms with van der Waals surface area (Å²) in [6, 6.07) is 14.2. The summed E-state index contributed by atoms with van der Waals surface area (Å²) in [6.45, 7) is 5.12. The number of esters is 2. The normalized spacial score (nSPS) is 11.0. The molecule has 38 heavy (non-hydrogen) atoms. The first-order chi connectivity index (χ1) is 18.6. The van der Waals surface area contributed by atoms with Crippen LogP contribution in [-0.2, 0) is 9.59 Å². The van der Waals surface area contributed by atoms with E-state index >= 15 is 0 Å². The van der Waals surface area contributed by atoms with Crippen molar-refractivity contribution in [2.24, 2.45) is 0 Å². The molecular formula is C33H46O5. The van der Waals surface area contributed by atoms with Crippen molar-refractivity contribution < 1.29 is 23.8 Å². The standard InChI is InChI=1S/C33H46O5/c1-3-5-7-9-10-11-12-13-15-27-36-29-20-17-28(18-21-29)19-26-33(35)38-31-24-22-30(23-25-31)37-32(34)16-14-8-6-4-2/h17-26H,3-16,27H2,1-2H3. The number of carbonyl (C=O) groups excluding carboxylic acids is 2. The Morgan fingerprint density at radius 3 is 1.71 bits per heavy atom. The van der Waals surface area contributed by atoms with E-state index in [4.69, 9.17) is 14.2 Å². The van der Waals surface area contributed by atoms with Crippen LogP contribution in [0.4, 0.5) is 0 Å². The second kappa shape index (κ2) is 20.0. The summed E-state index contributed by atoms with van der Waals surface area (Å²) in [4.78, 5) is 24.1. The lowest BCUT2D eigenvalue weighted by molar-refractivity contribution is -0.134. The summed E-state index contributed by atoms with van der Waals surface area (Å²) in [5, 5.41) is 0. The van der Waals surface area contributed by atoms with Gasteiger partial charge >= 0.3 is 11.9 Å². The summed E-state index contributed by atoms with van der Waals surface area (Å²) in [6.07, 6.45) is 19.3. The van der Waals surface area contributed by atoms with Gasteiger partial charge < -0.3 is 14.2 Å². The molecule has 5 heteroatoms. The highest BCUT2D eigenvalue weighted by atomic mass is 16.5. The summed E-state index contributed by atoms with van der Waals surface area (Å²) in [5.74, 6) is 0.958. The Labute approximate surface area is 229 Å². The Morgan fingerprint density at radius 2 is 1.11 bits per heavy atom. The van der Waals surface area contributed by atoms with Crippen molar-refractivity contribution in [1.82, 2.24) is 0 Å². The van der Waals surface area contributed by atoms with Gasteiger partial charge in [0, 0.05) is 12.5 Å². The fourth-order valence-corrected chi connectivity index (χ4v) is 4.05. The van der Waals surface area contributed by atoms with E-state index < -0.39 is 5.97 Å². The van der Waals surface area contributed by atoms with Gasteiger partial charge in [-0.2, -0.15) is 0 Å². The molecule has 2 rings (SSSR count). The Hall–Kier alpha value is -3.08. The fraction of sp³-hybridized carbons (Fsp3) is 0.515. The number of rotatable bonds is 20. The topological polar surface area (TPSA) is 61.8 Å². The lowest BCUT2D eigenvalue weighted by atomic mass is 10.1. The van der Waals surface area contributed by atoms with Crippen LogP contribution >= 0.6 is 0 Å². The molecule has 5 nitrogen and oxygen atoms in total. The van der Waals surface area contributed by atoms with Crippen molar-refractivity contribution in [3.05, 3.63) is 60.2 Å². The zero-order valence-electron chi connectivity index (χ0n) is 23.4. The fourth-order valence-electron chi connectivity index (χ4n) is 4.05. The Morgan fingerprint density at radius 1 is 0.605 bits per heavy atom. The number of carbonyl (C=O) groups is 2. The summed E-state index contributed by atoms with van der Waals surface area (Å²) < 4.78 is 16.5. The first kappa shape index (κ1) is 31.1. The molecule has 0 atom stereocenters. The van der Waals surface area contributed by atoms with Crippen LogP contribution in [0.5, 0.6) is 17.2 Å². The minimum atomic E-state index is -0.476. The minimum absolute atomic E-state index is 0.242.